The highest BCUT2D eigenvalue weighted by atomic mass is 16.1. The maximum absolute atomic E-state index is 12.7. The van der Waals surface area contributed by atoms with E-state index >= 15 is 0 Å². The van der Waals surface area contributed by atoms with Gasteiger partial charge in [-0.1, -0.05) is 40.7 Å². The zero-order valence-electron chi connectivity index (χ0n) is 14.9. The van der Waals surface area contributed by atoms with E-state index in [9.17, 15) is 10.1 Å². The summed E-state index contributed by atoms with van der Waals surface area (Å²) in [6, 6.07) is 2.12. The van der Waals surface area contributed by atoms with Crippen molar-refractivity contribution in [1.82, 2.24) is 9.78 Å². The summed E-state index contributed by atoms with van der Waals surface area (Å²) < 4.78 is 1.99. The maximum atomic E-state index is 12.7. The Labute approximate surface area is 138 Å². The van der Waals surface area contributed by atoms with Gasteiger partial charge in [0.2, 0.25) is 0 Å². The molecule has 2 aliphatic carbocycles. The molecule has 1 aromatic rings. The van der Waals surface area contributed by atoms with E-state index < -0.39 is 5.41 Å². The molecule has 0 amide bonds. The van der Waals surface area contributed by atoms with E-state index in [0.29, 0.717) is 11.5 Å². The molecule has 0 aliphatic heterocycles. The van der Waals surface area contributed by atoms with Gasteiger partial charge in [0.1, 0.15) is 6.07 Å². The van der Waals surface area contributed by atoms with Crippen LogP contribution in [0.5, 0.6) is 0 Å². The van der Waals surface area contributed by atoms with Crippen molar-refractivity contribution in [3.63, 3.8) is 0 Å². The van der Waals surface area contributed by atoms with Crippen LogP contribution in [-0.4, -0.2) is 15.6 Å². The number of carbonyl (C=O) groups excluding carboxylic acids is 1. The Balaban J connectivity index is 2.29. The fourth-order valence-corrected chi connectivity index (χ4v) is 4.97. The van der Waals surface area contributed by atoms with E-state index in [4.69, 9.17) is 5.10 Å². The van der Waals surface area contributed by atoms with Crippen LogP contribution in [0.25, 0.3) is 0 Å². The quantitative estimate of drug-likeness (QED) is 0.798. The molecule has 3 rings (SSSR count). The van der Waals surface area contributed by atoms with E-state index in [0.717, 1.165) is 18.5 Å². The minimum absolute atomic E-state index is 0.0223. The van der Waals surface area contributed by atoms with Crippen molar-refractivity contribution in [3.8, 4) is 6.07 Å². The zero-order chi connectivity index (χ0) is 17.2. The lowest BCUT2D eigenvalue weighted by Crippen LogP contribution is -2.51. The second-order valence-electron chi connectivity index (χ2n) is 8.09. The first-order chi connectivity index (χ1) is 10.6. The lowest BCUT2D eigenvalue weighted by atomic mass is 9.52. The van der Waals surface area contributed by atoms with Gasteiger partial charge in [0.25, 0.3) is 0 Å². The van der Waals surface area contributed by atoms with Crippen molar-refractivity contribution in [2.45, 2.75) is 58.8 Å². The molecule has 1 heterocycles. The van der Waals surface area contributed by atoms with Crippen LogP contribution in [0.1, 0.15) is 63.9 Å². The first-order valence-electron chi connectivity index (χ1n) is 8.38. The Hall–Kier alpha value is -1.89. The molecule has 0 saturated heterocycles. The number of allylic oxidation sites excluding steroid dienone is 2. The smallest absolute Gasteiger partial charge is 0.178 e. The topological polar surface area (TPSA) is 58.7 Å². The standard InChI is InChI=1S/C19H25N3O/c1-11(2)15-13-7-8-14-18(3,4)17(23)12(10-20)9-19(14,5)16(13)21-22(15)6/h9,11,14H,7-8H2,1-6H3/t14-,19-/m0/s1. The number of nitriles is 1. The normalized spacial score (nSPS) is 28.9. The predicted octanol–water partition coefficient (Wildman–Crippen LogP) is 3.42. The molecule has 0 unspecified atom stereocenters. The van der Waals surface area contributed by atoms with Crippen LogP contribution in [0.3, 0.4) is 0 Å². The van der Waals surface area contributed by atoms with Crippen molar-refractivity contribution in [2.24, 2.45) is 18.4 Å². The molecule has 0 fully saturated rings. The highest BCUT2D eigenvalue weighted by Crippen LogP contribution is 2.54. The van der Waals surface area contributed by atoms with E-state index in [-0.39, 0.29) is 17.1 Å². The average molecular weight is 311 g/mol. The third-order valence-electron chi connectivity index (χ3n) is 5.92. The molecular formula is C19H25N3O. The SMILES string of the molecule is CC(C)c1c2c(nn1C)[C@@]1(C)C=C(C#N)C(=O)C(C)(C)[C@@H]1CC2. The number of hydrogen-bond acceptors (Lipinski definition) is 3. The van der Waals surface area contributed by atoms with Gasteiger partial charge in [-0.25, -0.2) is 0 Å². The Kier molecular flexibility index (Phi) is 3.34. The van der Waals surface area contributed by atoms with Gasteiger partial charge in [-0.3, -0.25) is 9.48 Å². The van der Waals surface area contributed by atoms with Crippen LogP contribution >= 0.6 is 0 Å². The highest BCUT2D eigenvalue weighted by Gasteiger charge is 2.55. The summed E-state index contributed by atoms with van der Waals surface area (Å²) in [5.74, 6) is 0.571. The number of rotatable bonds is 1. The van der Waals surface area contributed by atoms with Crippen molar-refractivity contribution in [2.75, 3.05) is 0 Å². The van der Waals surface area contributed by atoms with E-state index in [1.165, 1.54) is 11.3 Å². The van der Waals surface area contributed by atoms with Gasteiger partial charge >= 0.3 is 0 Å². The first kappa shape index (κ1) is 16.0. The Morgan fingerprint density at radius 2 is 2.04 bits per heavy atom. The van der Waals surface area contributed by atoms with Crippen LogP contribution in [0.2, 0.25) is 0 Å². The minimum Gasteiger partial charge on any atom is -0.293 e. The monoisotopic (exact) mass is 311 g/mol. The van der Waals surface area contributed by atoms with Gasteiger partial charge in [0.15, 0.2) is 5.78 Å². The third-order valence-corrected chi connectivity index (χ3v) is 5.92. The summed E-state index contributed by atoms with van der Waals surface area (Å²) in [6.45, 7) is 10.5. The summed E-state index contributed by atoms with van der Waals surface area (Å²) in [4.78, 5) is 12.7. The Morgan fingerprint density at radius 3 is 2.61 bits per heavy atom. The van der Waals surface area contributed by atoms with Crippen molar-refractivity contribution >= 4 is 5.78 Å². The molecule has 23 heavy (non-hydrogen) atoms. The van der Waals surface area contributed by atoms with Gasteiger partial charge in [0.05, 0.1) is 11.3 Å². The van der Waals surface area contributed by atoms with Crippen molar-refractivity contribution < 1.29 is 4.79 Å². The molecule has 4 nitrogen and oxygen atoms in total. The van der Waals surface area contributed by atoms with E-state index in [1.807, 2.05) is 31.7 Å². The number of aromatic nitrogens is 2. The fourth-order valence-electron chi connectivity index (χ4n) is 4.97. The summed E-state index contributed by atoms with van der Waals surface area (Å²) >= 11 is 0. The van der Waals surface area contributed by atoms with Crippen molar-refractivity contribution in [1.29, 1.82) is 5.26 Å². The van der Waals surface area contributed by atoms with E-state index in [1.54, 1.807) is 0 Å². The van der Waals surface area contributed by atoms with Crippen LogP contribution in [0, 0.1) is 22.7 Å². The number of ketones is 1. The molecule has 1 aromatic heterocycles. The zero-order valence-corrected chi connectivity index (χ0v) is 14.9. The number of carbonyl (C=O) groups is 1. The summed E-state index contributed by atoms with van der Waals surface area (Å²) in [5, 5.41) is 14.3. The van der Waals surface area contributed by atoms with Gasteiger partial charge in [-0.2, -0.15) is 10.4 Å². The largest absolute Gasteiger partial charge is 0.293 e. The molecule has 2 atom stereocenters. The van der Waals surface area contributed by atoms with Gasteiger partial charge < -0.3 is 0 Å². The molecule has 0 spiro atoms. The van der Waals surface area contributed by atoms with Crippen LogP contribution < -0.4 is 0 Å². The van der Waals surface area contributed by atoms with Gasteiger partial charge in [0, 0.05) is 23.6 Å². The number of Topliss-reactive ketones (excluding diaryl/α,β-unsaturated/α-hetero) is 1. The molecule has 4 heteroatoms. The number of nitrogens with zero attached hydrogens (tertiary/aromatic N) is 3. The fraction of sp³-hybridized carbons (Fsp3) is 0.632. The molecular weight excluding hydrogens is 286 g/mol. The minimum atomic E-state index is -0.526. The van der Waals surface area contributed by atoms with Crippen LogP contribution in [0.4, 0.5) is 0 Å². The van der Waals surface area contributed by atoms with Crippen LogP contribution in [-0.2, 0) is 23.7 Å². The predicted molar refractivity (Wildman–Crippen MR) is 88.9 cm³/mol. The second-order valence-corrected chi connectivity index (χ2v) is 8.09. The van der Waals surface area contributed by atoms with Gasteiger partial charge in [-0.15, -0.1) is 0 Å². The number of hydrogen-bond donors (Lipinski definition) is 0. The van der Waals surface area contributed by atoms with Gasteiger partial charge in [-0.05, 0) is 30.2 Å². The second kappa shape index (κ2) is 4.80. The lowest BCUT2D eigenvalue weighted by molar-refractivity contribution is -0.128. The Bertz CT molecular complexity index is 760. The average Bonchev–Trinajstić information content (AvgIpc) is 2.80. The van der Waals surface area contributed by atoms with Crippen molar-refractivity contribution in [3.05, 3.63) is 28.6 Å². The molecule has 0 aromatic carbocycles. The number of aryl methyl sites for hydroxylation is 1. The molecule has 122 valence electrons. The molecule has 0 radical (unpaired) electrons. The highest BCUT2D eigenvalue weighted by molar-refractivity contribution is 6.04. The molecule has 0 N–H and O–H groups in total. The summed E-state index contributed by atoms with van der Waals surface area (Å²) in [6.07, 6.45) is 3.81. The lowest BCUT2D eigenvalue weighted by Gasteiger charge is -2.49. The third kappa shape index (κ3) is 1.95. The maximum Gasteiger partial charge on any atom is 0.178 e. The first-order valence-corrected chi connectivity index (χ1v) is 8.38. The molecule has 0 bridgehead atoms. The summed E-state index contributed by atoms with van der Waals surface area (Å²) in [7, 11) is 2.00. The number of fused-ring (bicyclic) bond motifs is 3. The molecule has 2 aliphatic rings. The van der Waals surface area contributed by atoms with E-state index in [2.05, 4.69) is 26.8 Å². The Morgan fingerprint density at radius 1 is 1.39 bits per heavy atom. The molecule has 0 saturated carbocycles. The summed E-state index contributed by atoms with van der Waals surface area (Å²) in [5.41, 5.74) is 3.08. The van der Waals surface area contributed by atoms with Crippen LogP contribution in [0.15, 0.2) is 11.6 Å².